The van der Waals surface area contributed by atoms with E-state index >= 15 is 0 Å². The van der Waals surface area contributed by atoms with E-state index in [-0.39, 0.29) is 11.9 Å². The molecule has 3 atom stereocenters. The van der Waals surface area contributed by atoms with Gasteiger partial charge in [0.1, 0.15) is 0 Å². The zero-order valence-electron chi connectivity index (χ0n) is 14.2. The summed E-state index contributed by atoms with van der Waals surface area (Å²) < 4.78 is 5.60. The predicted molar refractivity (Wildman–Crippen MR) is 86.3 cm³/mol. The van der Waals surface area contributed by atoms with Crippen LogP contribution in [-0.4, -0.2) is 49.5 Å². The molecule has 0 aliphatic carbocycles. The summed E-state index contributed by atoms with van der Waals surface area (Å²) in [6.07, 6.45) is 4.17. The third-order valence-corrected chi connectivity index (χ3v) is 3.61. The van der Waals surface area contributed by atoms with Crippen LogP contribution in [0.1, 0.15) is 53.4 Å². The van der Waals surface area contributed by atoms with E-state index in [1.165, 1.54) is 19.3 Å². The molecule has 0 heterocycles. The minimum Gasteiger partial charge on any atom is -0.389 e. The quantitative estimate of drug-likeness (QED) is 0.484. The molecule has 21 heavy (non-hydrogen) atoms. The largest absolute Gasteiger partial charge is 0.389 e. The van der Waals surface area contributed by atoms with E-state index < -0.39 is 6.10 Å². The maximum Gasteiger partial charge on any atom is 0.236 e. The van der Waals surface area contributed by atoms with Crippen LogP contribution in [0.3, 0.4) is 0 Å². The van der Waals surface area contributed by atoms with Crippen molar-refractivity contribution in [2.45, 2.75) is 65.5 Å². The summed E-state index contributed by atoms with van der Waals surface area (Å²) in [5.74, 6) is 0.538. The van der Waals surface area contributed by atoms with E-state index in [2.05, 4.69) is 24.5 Å². The molecule has 0 aromatic rings. The van der Waals surface area contributed by atoms with E-state index in [4.69, 9.17) is 4.74 Å². The highest BCUT2D eigenvalue weighted by atomic mass is 16.5. The Hall–Kier alpha value is -0.650. The van der Waals surface area contributed by atoms with Crippen LogP contribution in [0.4, 0.5) is 0 Å². The van der Waals surface area contributed by atoms with Crippen molar-refractivity contribution >= 4 is 5.91 Å². The van der Waals surface area contributed by atoms with Gasteiger partial charge in [-0.25, -0.2) is 0 Å². The van der Waals surface area contributed by atoms with Crippen LogP contribution in [0.15, 0.2) is 0 Å². The van der Waals surface area contributed by atoms with Crippen LogP contribution in [0.2, 0.25) is 0 Å². The number of hydrogen-bond donors (Lipinski definition) is 3. The molecule has 0 saturated carbocycles. The summed E-state index contributed by atoms with van der Waals surface area (Å²) in [6, 6.07) is -0.299. The monoisotopic (exact) mass is 302 g/mol. The number of hydrogen-bond acceptors (Lipinski definition) is 4. The molecule has 1 amide bonds. The number of likely N-dealkylation sites (N-methyl/N-ethyl adjacent to an activating group) is 1. The first kappa shape index (κ1) is 20.3. The van der Waals surface area contributed by atoms with Crippen molar-refractivity contribution in [3.63, 3.8) is 0 Å². The average molecular weight is 302 g/mol. The molecule has 0 saturated heterocycles. The van der Waals surface area contributed by atoms with Crippen LogP contribution < -0.4 is 10.6 Å². The fourth-order valence-corrected chi connectivity index (χ4v) is 2.06. The Morgan fingerprint density at radius 2 is 1.95 bits per heavy atom. The maximum atomic E-state index is 11.5. The fraction of sp³-hybridized carbons (Fsp3) is 0.938. The molecule has 0 aliphatic heterocycles. The molecule has 0 bridgehead atoms. The zero-order valence-corrected chi connectivity index (χ0v) is 14.2. The molecular weight excluding hydrogens is 268 g/mol. The van der Waals surface area contributed by atoms with E-state index in [1.54, 1.807) is 6.92 Å². The van der Waals surface area contributed by atoms with E-state index in [9.17, 15) is 9.90 Å². The highest BCUT2D eigenvalue weighted by Crippen LogP contribution is 2.12. The first-order chi connectivity index (χ1) is 10.0. The molecule has 0 radical (unpaired) electrons. The second-order valence-corrected chi connectivity index (χ2v) is 5.63. The summed E-state index contributed by atoms with van der Waals surface area (Å²) in [5.41, 5.74) is 0. The number of nitrogens with one attached hydrogen (secondary N) is 2. The van der Waals surface area contributed by atoms with Gasteiger partial charge in [-0.1, -0.05) is 33.1 Å². The third kappa shape index (κ3) is 10.7. The lowest BCUT2D eigenvalue weighted by Crippen LogP contribution is -2.45. The lowest BCUT2D eigenvalue weighted by molar-refractivity contribution is -0.122. The van der Waals surface area contributed by atoms with Crippen molar-refractivity contribution in [3.8, 4) is 0 Å². The van der Waals surface area contributed by atoms with E-state index in [1.807, 2.05) is 6.92 Å². The molecule has 3 N–H and O–H groups in total. The molecule has 0 aromatic heterocycles. The SMILES string of the molecule is CCCCC(CC)COCC(O)CNC(C)C(=O)NCC. The van der Waals surface area contributed by atoms with Crippen molar-refractivity contribution < 1.29 is 14.6 Å². The molecule has 0 aromatic carbocycles. The van der Waals surface area contributed by atoms with Crippen molar-refractivity contribution in [3.05, 3.63) is 0 Å². The average Bonchev–Trinajstić information content (AvgIpc) is 2.48. The number of amides is 1. The smallest absolute Gasteiger partial charge is 0.236 e. The lowest BCUT2D eigenvalue weighted by Gasteiger charge is -2.19. The van der Waals surface area contributed by atoms with Gasteiger partial charge in [0.15, 0.2) is 0 Å². The van der Waals surface area contributed by atoms with Gasteiger partial charge in [-0.15, -0.1) is 0 Å². The number of aliphatic hydroxyl groups excluding tert-OH is 1. The Balaban J connectivity index is 3.74. The van der Waals surface area contributed by atoms with Gasteiger partial charge in [-0.05, 0) is 26.2 Å². The maximum absolute atomic E-state index is 11.5. The highest BCUT2D eigenvalue weighted by molar-refractivity contribution is 5.81. The minimum absolute atomic E-state index is 0.0452. The summed E-state index contributed by atoms with van der Waals surface area (Å²) in [5, 5.41) is 15.6. The van der Waals surface area contributed by atoms with Gasteiger partial charge in [0.25, 0.3) is 0 Å². The number of ether oxygens (including phenoxy) is 1. The van der Waals surface area contributed by atoms with Crippen LogP contribution >= 0.6 is 0 Å². The van der Waals surface area contributed by atoms with Gasteiger partial charge >= 0.3 is 0 Å². The van der Waals surface area contributed by atoms with Gasteiger partial charge < -0.3 is 20.5 Å². The molecular formula is C16H34N2O3. The normalized spacial score (nSPS) is 15.5. The zero-order chi connectivity index (χ0) is 16.1. The molecule has 126 valence electrons. The van der Waals surface area contributed by atoms with Gasteiger partial charge in [0.05, 0.1) is 18.8 Å². The van der Waals surface area contributed by atoms with Crippen LogP contribution in [-0.2, 0) is 9.53 Å². The second kappa shape index (κ2) is 13.0. The second-order valence-electron chi connectivity index (χ2n) is 5.63. The van der Waals surface area contributed by atoms with Crippen LogP contribution in [0.5, 0.6) is 0 Å². The first-order valence-corrected chi connectivity index (χ1v) is 8.31. The number of carbonyl (C=O) groups is 1. The number of aliphatic hydroxyl groups is 1. The molecule has 0 spiro atoms. The van der Waals surface area contributed by atoms with Crippen molar-refractivity contribution in [1.82, 2.24) is 10.6 Å². The Morgan fingerprint density at radius 1 is 1.24 bits per heavy atom. The van der Waals surface area contributed by atoms with Crippen LogP contribution in [0.25, 0.3) is 0 Å². The van der Waals surface area contributed by atoms with Crippen LogP contribution in [0, 0.1) is 5.92 Å². The number of rotatable bonds is 13. The molecule has 5 nitrogen and oxygen atoms in total. The van der Waals surface area contributed by atoms with Gasteiger partial charge in [0, 0.05) is 19.7 Å². The van der Waals surface area contributed by atoms with Gasteiger partial charge in [0.2, 0.25) is 5.91 Å². The summed E-state index contributed by atoms with van der Waals surface area (Å²) in [7, 11) is 0. The first-order valence-electron chi connectivity index (χ1n) is 8.31. The van der Waals surface area contributed by atoms with Gasteiger partial charge in [-0.3, -0.25) is 4.79 Å². The number of unbranched alkanes of at least 4 members (excludes halogenated alkanes) is 1. The Labute approximate surface area is 129 Å². The summed E-state index contributed by atoms with van der Waals surface area (Å²) in [6.45, 7) is 10.1. The van der Waals surface area contributed by atoms with Crippen molar-refractivity contribution in [1.29, 1.82) is 0 Å². The third-order valence-electron chi connectivity index (χ3n) is 3.61. The molecule has 0 rings (SSSR count). The Bertz CT molecular complexity index is 262. The molecule has 5 heteroatoms. The van der Waals surface area contributed by atoms with Gasteiger partial charge in [-0.2, -0.15) is 0 Å². The minimum atomic E-state index is -0.578. The Kier molecular flexibility index (Phi) is 12.6. The highest BCUT2D eigenvalue weighted by Gasteiger charge is 2.14. The lowest BCUT2D eigenvalue weighted by atomic mass is 10.0. The predicted octanol–water partition coefficient (Wildman–Crippen LogP) is 1.69. The van der Waals surface area contributed by atoms with E-state index in [0.29, 0.717) is 32.2 Å². The fourth-order valence-electron chi connectivity index (χ4n) is 2.06. The molecule has 0 aliphatic rings. The van der Waals surface area contributed by atoms with Crippen molar-refractivity contribution in [2.24, 2.45) is 5.92 Å². The standard InChI is InChI=1S/C16H34N2O3/c1-5-8-9-14(6-2)11-21-12-15(19)10-18-13(4)16(20)17-7-3/h13-15,18-19H,5-12H2,1-4H3,(H,17,20). The topological polar surface area (TPSA) is 70.6 Å². The van der Waals surface area contributed by atoms with E-state index in [0.717, 1.165) is 6.42 Å². The summed E-state index contributed by atoms with van der Waals surface area (Å²) >= 11 is 0. The molecule has 3 unspecified atom stereocenters. The van der Waals surface area contributed by atoms with Crippen molar-refractivity contribution in [2.75, 3.05) is 26.3 Å². The molecule has 0 fully saturated rings. The number of carbonyl (C=O) groups excluding carboxylic acids is 1. The Morgan fingerprint density at radius 3 is 2.52 bits per heavy atom. The summed E-state index contributed by atoms with van der Waals surface area (Å²) in [4.78, 5) is 11.5.